The van der Waals surface area contributed by atoms with E-state index in [-0.39, 0.29) is 11.8 Å². The van der Waals surface area contributed by atoms with Gasteiger partial charge in [-0.1, -0.05) is 17.7 Å². The molecule has 0 bridgehead atoms. The SMILES string of the molecule is C#CC1CC(=O)N(c2c(C#N)cnn2-c2ccc(C)cc2)C1. The molecule has 1 aliphatic heterocycles. The molecule has 22 heavy (non-hydrogen) atoms. The van der Waals surface area contributed by atoms with Gasteiger partial charge in [-0.2, -0.15) is 10.4 Å². The van der Waals surface area contributed by atoms with E-state index in [1.165, 1.54) is 6.20 Å². The van der Waals surface area contributed by atoms with E-state index in [0.717, 1.165) is 11.3 Å². The van der Waals surface area contributed by atoms with Crippen molar-refractivity contribution in [1.29, 1.82) is 5.26 Å². The van der Waals surface area contributed by atoms with Gasteiger partial charge in [-0.3, -0.25) is 9.69 Å². The normalized spacial score (nSPS) is 17.3. The Morgan fingerprint density at radius 1 is 1.36 bits per heavy atom. The first-order valence-corrected chi connectivity index (χ1v) is 6.95. The topological polar surface area (TPSA) is 61.9 Å². The van der Waals surface area contributed by atoms with Crippen LogP contribution in [-0.4, -0.2) is 22.2 Å². The van der Waals surface area contributed by atoms with Gasteiger partial charge in [0.15, 0.2) is 5.82 Å². The van der Waals surface area contributed by atoms with Crippen molar-refractivity contribution in [2.45, 2.75) is 13.3 Å². The molecule has 0 radical (unpaired) electrons. The molecule has 1 unspecified atom stereocenters. The van der Waals surface area contributed by atoms with E-state index < -0.39 is 0 Å². The van der Waals surface area contributed by atoms with Crippen LogP contribution in [0.15, 0.2) is 30.5 Å². The number of nitriles is 1. The maximum Gasteiger partial charge on any atom is 0.229 e. The molecule has 1 fully saturated rings. The van der Waals surface area contributed by atoms with E-state index in [1.807, 2.05) is 31.2 Å². The van der Waals surface area contributed by atoms with E-state index in [2.05, 4.69) is 17.1 Å². The summed E-state index contributed by atoms with van der Waals surface area (Å²) in [5.41, 5.74) is 2.30. The predicted molar refractivity (Wildman–Crippen MR) is 82.3 cm³/mol. The number of hydrogen-bond acceptors (Lipinski definition) is 3. The first-order valence-electron chi connectivity index (χ1n) is 6.95. The predicted octanol–water partition coefficient (Wildman–Crippen LogP) is 2.04. The molecule has 2 heterocycles. The second kappa shape index (κ2) is 5.38. The quantitative estimate of drug-likeness (QED) is 0.795. The Hall–Kier alpha value is -3.05. The molecule has 1 amide bonds. The Balaban J connectivity index is 2.09. The van der Waals surface area contributed by atoms with Crippen molar-refractivity contribution in [1.82, 2.24) is 9.78 Å². The average Bonchev–Trinajstić information content (AvgIpc) is 3.10. The molecule has 1 aromatic heterocycles. The summed E-state index contributed by atoms with van der Waals surface area (Å²) in [6, 6.07) is 9.84. The van der Waals surface area contributed by atoms with Crippen LogP contribution >= 0.6 is 0 Å². The summed E-state index contributed by atoms with van der Waals surface area (Å²) >= 11 is 0. The third-order valence-electron chi connectivity index (χ3n) is 3.76. The number of anilines is 1. The Kier molecular flexibility index (Phi) is 3.40. The van der Waals surface area contributed by atoms with Gasteiger partial charge in [0.05, 0.1) is 11.9 Å². The van der Waals surface area contributed by atoms with Crippen LogP contribution in [0.25, 0.3) is 5.69 Å². The summed E-state index contributed by atoms with van der Waals surface area (Å²) in [6.45, 7) is 2.41. The van der Waals surface area contributed by atoms with Gasteiger partial charge >= 0.3 is 0 Å². The van der Waals surface area contributed by atoms with Gasteiger partial charge < -0.3 is 0 Å². The number of rotatable bonds is 2. The highest BCUT2D eigenvalue weighted by Crippen LogP contribution is 2.29. The molecule has 5 heteroatoms. The maximum absolute atomic E-state index is 12.2. The zero-order valence-corrected chi connectivity index (χ0v) is 12.2. The van der Waals surface area contributed by atoms with Gasteiger partial charge in [0.1, 0.15) is 11.6 Å². The van der Waals surface area contributed by atoms with Crippen molar-refractivity contribution in [2.24, 2.45) is 5.92 Å². The minimum absolute atomic E-state index is 0.0756. The number of nitrogens with zero attached hydrogens (tertiary/aromatic N) is 4. The highest BCUT2D eigenvalue weighted by Gasteiger charge is 2.33. The van der Waals surface area contributed by atoms with Crippen LogP contribution in [0.4, 0.5) is 5.82 Å². The summed E-state index contributed by atoms with van der Waals surface area (Å²) < 4.78 is 1.62. The Bertz CT molecular complexity index is 805. The number of carbonyl (C=O) groups excluding carboxylic acids is 1. The molecule has 108 valence electrons. The Labute approximate surface area is 128 Å². The van der Waals surface area contributed by atoms with Gasteiger partial charge in [0.25, 0.3) is 0 Å². The molecule has 0 spiro atoms. The van der Waals surface area contributed by atoms with E-state index in [4.69, 9.17) is 6.42 Å². The van der Waals surface area contributed by atoms with Crippen molar-refractivity contribution >= 4 is 11.7 Å². The summed E-state index contributed by atoms with van der Waals surface area (Å²) in [7, 11) is 0. The third-order valence-corrected chi connectivity index (χ3v) is 3.76. The largest absolute Gasteiger partial charge is 0.294 e. The maximum atomic E-state index is 12.2. The second-order valence-corrected chi connectivity index (χ2v) is 5.31. The number of terminal acetylenes is 1. The zero-order chi connectivity index (χ0) is 15.7. The van der Waals surface area contributed by atoms with Crippen molar-refractivity contribution in [2.75, 3.05) is 11.4 Å². The number of hydrogen-bond donors (Lipinski definition) is 0. The summed E-state index contributed by atoms with van der Waals surface area (Å²) in [5.74, 6) is 2.91. The summed E-state index contributed by atoms with van der Waals surface area (Å²) in [5, 5.41) is 13.6. The van der Waals surface area contributed by atoms with E-state index in [9.17, 15) is 10.1 Å². The lowest BCUT2D eigenvalue weighted by Gasteiger charge is -2.18. The lowest BCUT2D eigenvalue weighted by atomic mass is 10.1. The number of amides is 1. The van der Waals surface area contributed by atoms with Gasteiger partial charge in [-0.05, 0) is 19.1 Å². The minimum Gasteiger partial charge on any atom is -0.294 e. The molecule has 3 rings (SSSR count). The van der Waals surface area contributed by atoms with Crippen LogP contribution < -0.4 is 4.90 Å². The fourth-order valence-electron chi connectivity index (χ4n) is 2.58. The summed E-state index contributed by atoms with van der Waals surface area (Å²) in [6.07, 6.45) is 7.22. The molecular formula is C17H14N4O. The van der Waals surface area contributed by atoms with Gasteiger partial charge in [0.2, 0.25) is 5.91 Å². The fraction of sp³-hybridized carbons (Fsp3) is 0.235. The smallest absolute Gasteiger partial charge is 0.229 e. The number of carbonyl (C=O) groups is 1. The first-order chi connectivity index (χ1) is 10.6. The first kappa shape index (κ1) is 13.9. The summed E-state index contributed by atoms with van der Waals surface area (Å²) in [4.78, 5) is 13.8. The van der Waals surface area contributed by atoms with Crippen molar-refractivity contribution < 1.29 is 4.79 Å². The average molecular weight is 290 g/mol. The van der Waals surface area contributed by atoms with Crippen LogP contribution in [0.1, 0.15) is 17.5 Å². The van der Waals surface area contributed by atoms with Crippen LogP contribution in [0.5, 0.6) is 0 Å². The molecular weight excluding hydrogens is 276 g/mol. The van der Waals surface area contributed by atoms with Gasteiger partial charge in [-0.15, -0.1) is 12.3 Å². The standard InChI is InChI=1S/C17H14N4O/c1-3-13-8-16(22)20(11-13)17-14(9-18)10-19-21(17)15-6-4-12(2)5-7-15/h1,4-7,10,13H,8,11H2,2H3. The Morgan fingerprint density at radius 3 is 2.68 bits per heavy atom. The number of aromatic nitrogens is 2. The van der Waals surface area contributed by atoms with Crippen LogP contribution in [0.2, 0.25) is 0 Å². The van der Waals surface area contributed by atoms with Crippen LogP contribution in [0.3, 0.4) is 0 Å². The fourth-order valence-corrected chi connectivity index (χ4v) is 2.58. The highest BCUT2D eigenvalue weighted by molar-refractivity contribution is 5.96. The molecule has 1 aliphatic rings. The minimum atomic E-state index is -0.125. The monoisotopic (exact) mass is 290 g/mol. The molecule has 1 aromatic carbocycles. The molecule has 0 N–H and O–H groups in total. The van der Waals surface area contributed by atoms with E-state index in [1.54, 1.807) is 9.58 Å². The Morgan fingerprint density at radius 2 is 2.09 bits per heavy atom. The highest BCUT2D eigenvalue weighted by atomic mass is 16.2. The molecule has 2 aromatic rings. The number of aryl methyl sites for hydroxylation is 1. The van der Waals surface area contributed by atoms with Crippen molar-refractivity contribution in [3.8, 4) is 24.1 Å². The van der Waals surface area contributed by atoms with Gasteiger partial charge in [-0.25, -0.2) is 4.68 Å². The molecule has 1 saturated heterocycles. The molecule has 0 saturated carbocycles. The van der Waals surface area contributed by atoms with E-state index in [0.29, 0.717) is 24.3 Å². The van der Waals surface area contributed by atoms with Crippen molar-refractivity contribution in [3.63, 3.8) is 0 Å². The molecule has 0 aliphatic carbocycles. The lowest BCUT2D eigenvalue weighted by Crippen LogP contribution is -2.27. The van der Waals surface area contributed by atoms with Crippen LogP contribution in [-0.2, 0) is 4.79 Å². The van der Waals surface area contributed by atoms with Crippen molar-refractivity contribution in [3.05, 3.63) is 41.6 Å². The zero-order valence-electron chi connectivity index (χ0n) is 12.2. The third kappa shape index (κ3) is 2.23. The van der Waals surface area contributed by atoms with E-state index >= 15 is 0 Å². The number of benzene rings is 1. The second-order valence-electron chi connectivity index (χ2n) is 5.31. The molecule has 1 atom stereocenters. The molecule has 5 nitrogen and oxygen atoms in total. The van der Waals surface area contributed by atoms with Crippen LogP contribution in [0, 0.1) is 36.5 Å². The lowest BCUT2D eigenvalue weighted by molar-refractivity contribution is -0.117. The van der Waals surface area contributed by atoms with Gasteiger partial charge in [0, 0.05) is 18.9 Å².